The van der Waals surface area contributed by atoms with Crippen molar-refractivity contribution >= 4 is 21.6 Å². The molecule has 0 fully saturated rings. The number of hydrogen-bond donors (Lipinski definition) is 1. The van der Waals surface area contributed by atoms with E-state index in [1.807, 2.05) is 0 Å². The fraction of sp³-hybridized carbons (Fsp3) is 0.500. The molecule has 1 aromatic heterocycles. The molecule has 0 aliphatic rings. The van der Waals surface area contributed by atoms with E-state index in [4.69, 9.17) is 16.7 Å². The van der Waals surface area contributed by atoms with Gasteiger partial charge in [0.25, 0.3) is 0 Å². The van der Waals surface area contributed by atoms with E-state index in [-0.39, 0.29) is 29.2 Å². The molecule has 1 rings (SSSR count). The van der Waals surface area contributed by atoms with Crippen LogP contribution in [0.2, 0.25) is 5.15 Å². The number of aliphatic hydroxyl groups is 1. The fourth-order valence-electron chi connectivity index (χ4n) is 1.44. The molecule has 0 saturated heterocycles. The van der Waals surface area contributed by atoms with Crippen molar-refractivity contribution in [3.8, 4) is 0 Å². The van der Waals surface area contributed by atoms with Gasteiger partial charge in [0.2, 0.25) is 10.0 Å². The molecule has 0 unspecified atom stereocenters. The molecule has 5 nitrogen and oxygen atoms in total. The molecule has 0 saturated carbocycles. The van der Waals surface area contributed by atoms with Gasteiger partial charge in [-0.2, -0.15) is 4.31 Å². The molecule has 1 heterocycles. The number of nitrogens with zero attached hydrogens (tertiary/aromatic N) is 2. The van der Waals surface area contributed by atoms with E-state index in [2.05, 4.69) is 4.98 Å². The predicted molar refractivity (Wildman–Crippen MR) is 65.4 cm³/mol. The SMILES string of the molecule is CC(C)N(CCO)S(=O)(=O)c1ccnc(Cl)c1. The molecule has 0 amide bonds. The summed E-state index contributed by atoms with van der Waals surface area (Å²) < 4.78 is 25.7. The minimum atomic E-state index is -3.64. The maximum atomic E-state index is 12.2. The first-order valence-corrected chi connectivity index (χ1v) is 6.95. The van der Waals surface area contributed by atoms with Crippen LogP contribution in [-0.2, 0) is 10.0 Å². The van der Waals surface area contributed by atoms with Gasteiger partial charge in [-0.3, -0.25) is 0 Å². The van der Waals surface area contributed by atoms with Crippen LogP contribution in [0.5, 0.6) is 0 Å². The predicted octanol–water partition coefficient (Wildman–Crippen LogP) is 1.13. The van der Waals surface area contributed by atoms with Crippen LogP contribution in [0.1, 0.15) is 13.8 Å². The number of aliphatic hydroxyl groups excluding tert-OH is 1. The highest BCUT2D eigenvalue weighted by Gasteiger charge is 2.26. The standard InChI is InChI=1S/C10H15ClN2O3S/c1-8(2)13(5-6-14)17(15,16)9-3-4-12-10(11)7-9/h3-4,7-8,14H,5-6H2,1-2H3. The second-order valence-corrected chi connectivity index (χ2v) is 6.03. The number of hydrogen-bond acceptors (Lipinski definition) is 4. The molecule has 7 heteroatoms. The third kappa shape index (κ3) is 3.38. The highest BCUT2D eigenvalue weighted by atomic mass is 35.5. The Balaban J connectivity index is 3.16. The summed E-state index contributed by atoms with van der Waals surface area (Å²) in [4.78, 5) is 3.82. The molecule has 0 aliphatic heterocycles. The summed E-state index contributed by atoms with van der Waals surface area (Å²) in [6.07, 6.45) is 1.34. The van der Waals surface area contributed by atoms with Crippen molar-refractivity contribution in [3.05, 3.63) is 23.5 Å². The van der Waals surface area contributed by atoms with E-state index in [0.717, 1.165) is 0 Å². The highest BCUT2D eigenvalue weighted by Crippen LogP contribution is 2.19. The average Bonchev–Trinajstić information content (AvgIpc) is 2.25. The van der Waals surface area contributed by atoms with Gasteiger partial charge in [-0.25, -0.2) is 13.4 Å². The molecule has 0 bridgehead atoms. The van der Waals surface area contributed by atoms with E-state index < -0.39 is 10.0 Å². The van der Waals surface area contributed by atoms with Crippen molar-refractivity contribution in [2.24, 2.45) is 0 Å². The van der Waals surface area contributed by atoms with Crippen molar-refractivity contribution in [3.63, 3.8) is 0 Å². The minimum Gasteiger partial charge on any atom is -0.395 e. The van der Waals surface area contributed by atoms with Gasteiger partial charge < -0.3 is 5.11 Å². The van der Waals surface area contributed by atoms with Gasteiger partial charge in [0, 0.05) is 18.8 Å². The van der Waals surface area contributed by atoms with E-state index in [0.29, 0.717) is 0 Å². The smallest absolute Gasteiger partial charge is 0.243 e. The van der Waals surface area contributed by atoms with Crippen LogP contribution in [-0.4, -0.2) is 42.0 Å². The van der Waals surface area contributed by atoms with Gasteiger partial charge in [-0.15, -0.1) is 0 Å². The quantitative estimate of drug-likeness (QED) is 0.820. The maximum Gasteiger partial charge on any atom is 0.243 e. The normalized spacial score (nSPS) is 12.4. The molecular weight excluding hydrogens is 264 g/mol. The summed E-state index contributed by atoms with van der Waals surface area (Å²) in [5, 5.41) is 9.03. The Labute approximate surface area is 106 Å². The van der Waals surface area contributed by atoms with E-state index in [1.54, 1.807) is 13.8 Å². The number of aromatic nitrogens is 1. The summed E-state index contributed by atoms with van der Waals surface area (Å²) in [6, 6.07) is 2.44. The Morgan fingerprint density at radius 2 is 2.18 bits per heavy atom. The zero-order chi connectivity index (χ0) is 13.1. The van der Waals surface area contributed by atoms with Crippen LogP contribution in [0.15, 0.2) is 23.2 Å². The first-order valence-electron chi connectivity index (χ1n) is 5.14. The van der Waals surface area contributed by atoms with Gasteiger partial charge in [0.1, 0.15) is 5.15 Å². The van der Waals surface area contributed by atoms with E-state index >= 15 is 0 Å². The molecule has 0 spiro atoms. The van der Waals surface area contributed by atoms with Crippen LogP contribution < -0.4 is 0 Å². The van der Waals surface area contributed by atoms with Crippen LogP contribution >= 0.6 is 11.6 Å². The van der Waals surface area contributed by atoms with Crippen LogP contribution in [0.25, 0.3) is 0 Å². The highest BCUT2D eigenvalue weighted by molar-refractivity contribution is 7.89. The van der Waals surface area contributed by atoms with Crippen molar-refractivity contribution < 1.29 is 13.5 Å². The van der Waals surface area contributed by atoms with Gasteiger partial charge in [-0.1, -0.05) is 11.6 Å². The molecule has 17 heavy (non-hydrogen) atoms. The Morgan fingerprint density at radius 3 is 2.65 bits per heavy atom. The van der Waals surface area contributed by atoms with E-state index in [1.165, 1.54) is 22.6 Å². The van der Waals surface area contributed by atoms with Gasteiger partial charge in [-0.05, 0) is 26.0 Å². The van der Waals surface area contributed by atoms with Crippen LogP contribution in [0.4, 0.5) is 0 Å². The summed E-state index contributed by atoms with van der Waals surface area (Å²) in [5.41, 5.74) is 0. The van der Waals surface area contributed by atoms with E-state index in [9.17, 15) is 8.42 Å². The lowest BCUT2D eigenvalue weighted by molar-refractivity contribution is 0.236. The van der Waals surface area contributed by atoms with Gasteiger partial charge in [0.15, 0.2) is 0 Å². The molecule has 0 radical (unpaired) electrons. The van der Waals surface area contributed by atoms with Crippen molar-refractivity contribution in [1.82, 2.24) is 9.29 Å². The Morgan fingerprint density at radius 1 is 1.53 bits per heavy atom. The third-order valence-electron chi connectivity index (χ3n) is 2.20. The lowest BCUT2D eigenvalue weighted by atomic mass is 10.4. The largest absolute Gasteiger partial charge is 0.395 e. The fourth-order valence-corrected chi connectivity index (χ4v) is 3.31. The van der Waals surface area contributed by atoms with Crippen molar-refractivity contribution in [1.29, 1.82) is 0 Å². The number of rotatable bonds is 5. The zero-order valence-corrected chi connectivity index (χ0v) is 11.2. The molecule has 0 aliphatic carbocycles. The summed E-state index contributed by atoms with van der Waals surface area (Å²) >= 11 is 5.67. The number of halogens is 1. The van der Waals surface area contributed by atoms with Crippen molar-refractivity contribution in [2.45, 2.75) is 24.8 Å². The second kappa shape index (κ2) is 5.77. The lowest BCUT2D eigenvalue weighted by Gasteiger charge is -2.24. The minimum absolute atomic E-state index is 0.0555. The third-order valence-corrected chi connectivity index (χ3v) is 4.48. The monoisotopic (exact) mass is 278 g/mol. The average molecular weight is 279 g/mol. The topological polar surface area (TPSA) is 70.5 Å². The summed E-state index contributed by atoms with van der Waals surface area (Å²) in [6.45, 7) is 3.32. The van der Waals surface area contributed by atoms with Gasteiger partial charge >= 0.3 is 0 Å². The molecule has 0 atom stereocenters. The lowest BCUT2D eigenvalue weighted by Crippen LogP contribution is -2.38. The molecule has 96 valence electrons. The number of sulfonamides is 1. The Kier molecular flexibility index (Phi) is 4.88. The zero-order valence-electron chi connectivity index (χ0n) is 9.67. The first kappa shape index (κ1) is 14.4. The first-order chi connectivity index (χ1) is 7.89. The molecule has 0 aromatic carbocycles. The van der Waals surface area contributed by atoms with Crippen molar-refractivity contribution in [2.75, 3.05) is 13.2 Å². The Hall–Kier alpha value is -0.690. The molecule has 1 aromatic rings. The molecule has 1 N–H and O–H groups in total. The summed E-state index contributed by atoms with van der Waals surface area (Å²) in [5.74, 6) is 0. The summed E-state index contributed by atoms with van der Waals surface area (Å²) in [7, 11) is -3.64. The maximum absolute atomic E-state index is 12.2. The second-order valence-electron chi connectivity index (χ2n) is 3.75. The van der Waals surface area contributed by atoms with Crippen LogP contribution in [0, 0.1) is 0 Å². The molecular formula is C10H15ClN2O3S. The van der Waals surface area contributed by atoms with Crippen LogP contribution in [0.3, 0.4) is 0 Å². The number of pyridine rings is 1. The Bertz CT molecular complexity index is 476. The van der Waals surface area contributed by atoms with Gasteiger partial charge in [0.05, 0.1) is 11.5 Å².